The predicted octanol–water partition coefficient (Wildman–Crippen LogP) is 0.584. The lowest BCUT2D eigenvalue weighted by molar-refractivity contribution is -0.121. The average Bonchev–Trinajstić information content (AvgIpc) is 3.10. The van der Waals surface area contributed by atoms with Gasteiger partial charge in [-0.1, -0.05) is 6.42 Å². The molecular weight excluding hydrogens is 328 g/mol. The maximum absolute atomic E-state index is 11.8. The van der Waals surface area contributed by atoms with Crippen LogP contribution in [0, 0.1) is 0 Å². The summed E-state index contributed by atoms with van der Waals surface area (Å²) < 4.78 is 5.38. The van der Waals surface area contributed by atoms with Crippen molar-refractivity contribution in [1.82, 2.24) is 16.0 Å². The molecule has 0 bridgehead atoms. The summed E-state index contributed by atoms with van der Waals surface area (Å²) in [5, 5.41) is 9.35. The first-order chi connectivity index (χ1) is 11.7. The highest BCUT2D eigenvalue weighted by Crippen LogP contribution is 2.33. The molecule has 7 nitrogen and oxygen atoms in total. The molecule has 0 aromatic heterocycles. The van der Waals surface area contributed by atoms with E-state index in [9.17, 15) is 9.59 Å². The number of rotatable bonds is 12. The fourth-order valence-electron chi connectivity index (χ4n) is 3.05. The van der Waals surface area contributed by atoms with Crippen LogP contribution in [0.1, 0.15) is 38.5 Å². The van der Waals surface area contributed by atoms with E-state index in [1.807, 2.05) is 11.8 Å². The molecule has 3 amide bonds. The summed E-state index contributed by atoms with van der Waals surface area (Å²) in [6.45, 7) is 2.69. The first-order valence-corrected chi connectivity index (χ1v) is 9.98. The smallest absolute Gasteiger partial charge is 0.315 e. The van der Waals surface area contributed by atoms with Gasteiger partial charge in [0.15, 0.2) is 0 Å². The van der Waals surface area contributed by atoms with Gasteiger partial charge in [0.1, 0.15) is 0 Å². The maximum atomic E-state index is 11.8. The zero-order chi connectivity index (χ0) is 17.2. The number of carbonyl (C=O) groups excluding carboxylic acids is 2. The van der Waals surface area contributed by atoms with E-state index in [-0.39, 0.29) is 24.0 Å². The number of thioether (sulfide) groups is 1. The Morgan fingerprint density at radius 3 is 2.92 bits per heavy atom. The van der Waals surface area contributed by atoms with E-state index in [2.05, 4.69) is 16.0 Å². The standard InChI is InChI=1S/C16H30N4O3S/c17-7-3-9-23-10-4-8-18-14(21)6-2-1-5-13-15-12(11-24-13)19-16(22)20-15/h12-13,15H,1-11,17H2,(H,18,21)(H2,19,20,22). The normalized spacial score (nSPS) is 25.2. The molecule has 24 heavy (non-hydrogen) atoms. The molecule has 2 aliphatic heterocycles. The van der Waals surface area contributed by atoms with Gasteiger partial charge in [-0.25, -0.2) is 4.79 Å². The second-order valence-corrected chi connectivity index (χ2v) is 7.60. The summed E-state index contributed by atoms with van der Waals surface area (Å²) in [5.74, 6) is 1.10. The number of hydrogen-bond acceptors (Lipinski definition) is 5. The largest absolute Gasteiger partial charge is 0.381 e. The molecule has 8 heteroatoms. The molecule has 2 saturated heterocycles. The van der Waals surface area contributed by atoms with Crippen molar-refractivity contribution in [2.75, 3.05) is 32.1 Å². The van der Waals surface area contributed by atoms with Gasteiger partial charge in [-0.15, -0.1) is 0 Å². The number of urea groups is 1. The van der Waals surface area contributed by atoms with Gasteiger partial charge in [0.2, 0.25) is 5.91 Å². The Bertz CT molecular complexity index is 411. The van der Waals surface area contributed by atoms with Crippen molar-refractivity contribution >= 4 is 23.7 Å². The Morgan fingerprint density at radius 2 is 2.08 bits per heavy atom. The first-order valence-electron chi connectivity index (χ1n) is 8.94. The Kier molecular flexibility index (Phi) is 8.69. The zero-order valence-electron chi connectivity index (χ0n) is 14.2. The number of nitrogens with one attached hydrogen (secondary N) is 3. The minimum Gasteiger partial charge on any atom is -0.381 e. The molecule has 0 aliphatic carbocycles. The quantitative estimate of drug-likeness (QED) is 0.302. The molecule has 2 aliphatic rings. The molecule has 0 spiro atoms. The van der Waals surface area contributed by atoms with Crippen LogP contribution in [-0.2, 0) is 9.53 Å². The van der Waals surface area contributed by atoms with E-state index in [1.54, 1.807) is 0 Å². The SMILES string of the molecule is NCCCOCCCNC(=O)CCCCC1SCC2NC(=O)NC21. The van der Waals surface area contributed by atoms with Gasteiger partial charge in [0.25, 0.3) is 0 Å². The highest BCUT2D eigenvalue weighted by atomic mass is 32.2. The van der Waals surface area contributed by atoms with E-state index in [0.29, 0.717) is 38.0 Å². The van der Waals surface area contributed by atoms with Crippen molar-refractivity contribution in [3.63, 3.8) is 0 Å². The Labute approximate surface area is 148 Å². The molecule has 0 aromatic carbocycles. The number of amides is 3. The number of fused-ring (bicyclic) bond motifs is 1. The maximum Gasteiger partial charge on any atom is 0.315 e. The van der Waals surface area contributed by atoms with Crippen LogP contribution in [0.4, 0.5) is 4.79 Å². The van der Waals surface area contributed by atoms with Gasteiger partial charge in [-0.2, -0.15) is 11.8 Å². The van der Waals surface area contributed by atoms with Crippen LogP contribution in [0.2, 0.25) is 0 Å². The fourth-order valence-corrected chi connectivity index (χ4v) is 4.60. The summed E-state index contributed by atoms with van der Waals surface area (Å²) in [5.41, 5.74) is 5.38. The van der Waals surface area contributed by atoms with Crippen LogP contribution in [0.5, 0.6) is 0 Å². The highest BCUT2D eigenvalue weighted by molar-refractivity contribution is 8.00. The molecule has 5 N–H and O–H groups in total. The van der Waals surface area contributed by atoms with Gasteiger partial charge in [0.05, 0.1) is 12.1 Å². The molecule has 2 heterocycles. The zero-order valence-corrected chi connectivity index (χ0v) is 15.0. The van der Waals surface area contributed by atoms with Gasteiger partial charge < -0.3 is 26.4 Å². The second-order valence-electron chi connectivity index (χ2n) is 6.33. The first kappa shape index (κ1) is 19.3. The van der Waals surface area contributed by atoms with E-state index >= 15 is 0 Å². The number of ether oxygens (including phenoxy) is 1. The Hall–Kier alpha value is -0.990. The lowest BCUT2D eigenvalue weighted by Crippen LogP contribution is -2.36. The molecule has 0 radical (unpaired) electrons. The van der Waals surface area contributed by atoms with Crippen molar-refractivity contribution in [2.24, 2.45) is 5.73 Å². The summed E-state index contributed by atoms with van der Waals surface area (Å²) in [4.78, 5) is 23.1. The molecule has 2 rings (SSSR count). The third kappa shape index (κ3) is 6.49. The molecule has 3 unspecified atom stereocenters. The van der Waals surface area contributed by atoms with E-state index in [0.717, 1.165) is 37.9 Å². The minimum atomic E-state index is -0.0401. The number of hydrogen-bond donors (Lipinski definition) is 4. The molecular formula is C16H30N4O3S. The van der Waals surface area contributed by atoms with Crippen LogP contribution in [-0.4, -0.2) is 61.3 Å². The minimum absolute atomic E-state index is 0.0401. The summed E-state index contributed by atoms with van der Waals surface area (Å²) in [6.07, 6.45) is 5.26. The fraction of sp³-hybridized carbons (Fsp3) is 0.875. The van der Waals surface area contributed by atoms with Crippen LogP contribution < -0.4 is 21.7 Å². The lowest BCUT2D eigenvalue weighted by atomic mass is 10.0. The molecule has 3 atom stereocenters. The molecule has 0 aromatic rings. The number of unbranched alkanes of at least 4 members (excludes halogenated alkanes) is 1. The lowest BCUT2D eigenvalue weighted by Gasteiger charge is -2.16. The van der Waals surface area contributed by atoms with Crippen LogP contribution >= 0.6 is 11.8 Å². The van der Waals surface area contributed by atoms with Crippen LogP contribution in [0.25, 0.3) is 0 Å². The van der Waals surface area contributed by atoms with Gasteiger partial charge >= 0.3 is 6.03 Å². The molecule has 0 saturated carbocycles. The topological polar surface area (TPSA) is 105 Å². The van der Waals surface area contributed by atoms with Gasteiger partial charge in [-0.3, -0.25) is 4.79 Å². The summed E-state index contributed by atoms with van der Waals surface area (Å²) in [7, 11) is 0. The van der Waals surface area contributed by atoms with Crippen molar-refractivity contribution in [3.8, 4) is 0 Å². The van der Waals surface area contributed by atoms with E-state index in [4.69, 9.17) is 10.5 Å². The molecule has 138 valence electrons. The van der Waals surface area contributed by atoms with Crippen LogP contribution in [0.3, 0.4) is 0 Å². The van der Waals surface area contributed by atoms with E-state index in [1.165, 1.54) is 0 Å². The third-order valence-electron chi connectivity index (χ3n) is 4.36. The third-order valence-corrected chi connectivity index (χ3v) is 5.87. The van der Waals surface area contributed by atoms with Crippen molar-refractivity contribution in [3.05, 3.63) is 0 Å². The monoisotopic (exact) mass is 358 g/mol. The van der Waals surface area contributed by atoms with Gasteiger partial charge in [0, 0.05) is 37.2 Å². The predicted molar refractivity (Wildman–Crippen MR) is 96.1 cm³/mol. The Balaban J connectivity index is 1.43. The van der Waals surface area contributed by atoms with Gasteiger partial charge in [-0.05, 0) is 32.2 Å². The van der Waals surface area contributed by atoms with E-state index < -0.39 is 0 Å². The average molecular weight is 359 g/mol. The van der Waals surface area contributed by atoms with Crippen LogP contribution in [0.15, 0.2) is 0 Å². The number of carbonyl (C=O) groups is 2. The number of nitrogens with two attached hydrogens (primary N) is 1. The van der Waals surface area contributed by atoms with Crippen molar-refractivity contribution < 1.29 is 14.3 Å². The van der Waals surface area contributed by atoms with Crippen molar-refractivity contribution in [2.45, 2.75) is 55.9 Å². The Morgan fingerprint density at radius 1 is 1.25 bits per heavy atom. The second kappa shape index (κ2) is 10.8. The van der Waals surface area contributed by atoms with Crippen molar-refractivity contribution in [1.29, 1.82) is 0 Å². The summed E-state index contributed by atoms with van der Waals surface area (Å²) in [6, 6.07) is 0.500. The summed E-state index contributed by atoms with van der Waals surface area (Å²) >= 11 is 1.92. The molecule has 2 fully saturated rings. The highest BCUT2D eigenvalue weighted by Gasteiger charge is 2.42.